The summed E-state index contributed by atoms with van der Waals surface area (Å²) in [7, 11) is 0. The second-order valence-electron chi connectivity index (χ2n) is 8.63. The molecule has 3 aromatic heterocycles. The van der Waals surface area contributed by atoms with Gasteiger partial charge < -0.3 is 9.30 Å². The van der Waals surface area contributed by atoms with E-state index in [0.717, 1.165) is 64.6 Å². The molecule has 1 aliphatic rings. The van der Waals surface area contributed by atoms with Gasteiger partial charge in [-0.2, -0.15) is 0 Å². The Bertz CT molecular complexity index is 1300. The number of aryl methyl sites for hydroxylation is 2. The number of hydrogen-bond acceptors (Lipinski definition) is 4. The van der Waals surface area contributed by atoms with Gasteiger partial charge in [0, 0.05) is 31.4 Å². The van der Waals surface area contributed by atoms with E-state index in [-0.39, 0.29) is 17.8 Å². The van der Waals surface area contributed by atoms with E-state index in [2.05, 4.69) is 4.98 Å². The molecule has 7 heteroatoms. The first kappa shape index (κ1) is 21.8. The Morgan fingerprint density at radius 1 is 1.18 bits per heavy atom. The number of piperidine rings is 1. The Hall–Kier alpha value is -3.06. The van der Waals surface area contributed by atoms with Crippen LogP contribution in [0.25, 0.3) is 16.1 Å². The number of hydrogen-bond donors (Lipinski definition) is 0. The van der Waals surface area contributed by atoms with Crippen LogP contribution in [-0.4, -0.2) is 37.8 Å². The molecule has 5 rings (SSSR count). The van der Waals surface area contributed by atoms with Gasteiger partial charge in [0.15, 0.2) is 0 Å². The fourth-order valence-electron chi connectivity index (χ4n) is 4.75. The van der Waals surface area contributed by atoms with E-state index in [1.807, 2.05) is 55.3 Å². The SMILES string of the molecule is CCc1cc(F)cn2cc(C[C@@H]3CCCCN3C(=O)c3nc(C)sc3-c3ccccc3)nc12. The summed E-state index contributed by atoms with van der Waals surface area (Å²) in [4.78, 5) is 26.1. The molecule has 5 nitrogen and oxygen atoms in total. The second kappa shape index (κ2) is 9.06. The van der Waals surface area contributed by atoms with Gasteiger partial charge in [-0.25, -0.2) is 14.4 Å². The molecule has 1 amide bonds. The predicted molar refractivity (Wildman–Crippen MR) is 129 cm³/mol. The topological polar surface area (TPSA) is 50.5 Å². The summed E-state index contributed by atoms with van der Waals surface area (Å²) in [5, 5.41) is 0.889. The van der Waals surface area contributed by atoms with Crippen LogP contribution in [0.1, 0.15) is 52.9 Å². The lowest BCUT2D eigenvalue weighted by Gasteiger charge is -2.35. The molecular weight excluding hydrogens is 435 g/mol. The van der Waals surface area contributed by atoms with Crippen LogP contribution in [0, 0.1) is 12.7 Å². The van der Waals surface area contributed by atoms with Crippen molar-refractivity contribution in [2.24, 2.45) is 0 Å². The molecule has 33 heavy (non-hydrogen) atoms. The van der Waals surface area contributed by atoms with Crippen molar-refractivity contribution in [3.8, 4) is 10.4 Å². The highest BCUT2D eigenvalue weighted by molar-refractivity contribution is 7.15. The van der Waals surface area contributed by atoms with Crippen molar-refractivity contribution >= 4 is 22.9 Å². The maximum atomic E-state index is 14.0. The van der Waals surface area contributed by atoms with E-state index in [1.165, 1.54) is 6.20 Å². The average Bonchev–Trinajstić information content (AvgIpc) is 3.42. The lowest BCUT2D eigenvalue weighted by Crippen LogP contribution is -2.45. The first-order chi connectivity index (χ1) is 16.0. The van der Waals surface area contributed by atoms with Crippen LogP contribution in [0.4, 0.5) is 4.39 Å². The second-order valence-corrected chi connectivity index (χ2v) is 9.83. The summed E-state index contributed by atoms with van der Waals surface area (Å²) in [6, 6.07) is 11.6. The number of carbonyl (C=O) groups is 1. The van der Waals surface area contributed by atoms with Crippen molar-refractivity contribution in [3.05, 3.63) is 76.6 Å². The average molecular weight is 463 g/mol. The van der Waals surface area contributed by atoms with Crippen LogP contribution in [0.3, 0.4) is 0 Å². The summed E-state index contributed by atoms with van der Waals surface area (Å²) >= 11 is 1.56. The summed E-state index contributed by atoms with van der Waals surface area (Å²) in [6.07, 6.45) is 7.74. The minimum absolute atomic E-state index is 0.00745. The quantitative estimate of drug-likeness (QED) is 0.382. The van der Waals surface area contributed by atoms with E-state index in [0.29, 0.717) is 12.1 Å². The highest BCUT2D eigenvalue weighted by atomic mass is 32.1. The zero-order valence-electron chi connectivity index (χ0n) is 18.9. The molecule has 1 saturated heterocycles. The van der Waals surface area contributed by atoms with Crippen LogP contribution in [0.5, 0.6) is 0 Å². The maximum Gasteiger partial charge on any atom is 0.274 e. The lowest BCUT2D eigenvalue weighted by molar-refractivity contribution is 0.0608. The van der Waals surface area contributed by atoms with Gasteiger partial charge in [-0.1, -0.05) is 37.3 Å². The number of fused-ring (bicyclic) bond motifs is 1. The Morgan fingerprint density at radius 2 is 2.00 bits per heavy atom. The third-order valence-electron chi connectivity index (χ3n) is 6.33. The molecule has 0 spiro atoms. The minimum Gasteiger partial charge on any atom is -0.334 e. The number of imidazole rings is 1. The fourth-order valence-corrected chi connectivity index (χ4v) is 5.67. The standard InChI is InChI=1S/C26H27FN4OS/c1-3-18-13-20(27)15-30-16-21(29-25(18)30)14-22-11-7-8-12-31(22)26(32)23-24(33-17(2)28-23)19-9-5-4-6-10-19/h4-6,9-10,13,15-16,22H,3,7-8,11-12,14H2,1-2H3/t22-/m0/s1. The van der Waals surface area contributed by atoms with Crippen LogP contribution >= 0.6 is 11.3 Å². The Balaban J connectivity index is 1.45. The fraction of sp³-hybridized carbons (Fsp3) is 0.346. The number of aromatic nitrogens is 3. The van der Waals surface area contributed by atoms with Crippen LogP contribution < -0.4 is 0 Å². The van der Waals surface area contributed by atoms with E-state index >= 15 is 0 Å². The third-order valence-corrected chi connectivity index (χ3v) is 7.35. The highest BCUT2D eigenvalue weighted by Crippen LogP contribution is 2.32. The van der Waals surface area contributed by atoms with Gasteiger partial charge in [0.05, 0.1) is 15.6 Å². The first-order valence-electron chi connectivity index (χ1n) is 11.5. The monoisotopic (exact) mass is 462 g/mol. The smallest absolute Gasteiger partial charge is 0.274 e. The number of pyridine rings is 1. The van der Waals surface area contributed by atoms with E-state index in [1.54, 1.807) is 21.8 Å². The third kappa shape index (κ3) is 4.29. The summed E-state index contributed by atoms with van der Waals surface area (Å²) in [6.45, 7) is 4.67. The van der Waals surface area contributed by atoms with Gasteiger partial charge in [-0.05, 0) is 49.8 Å². The van der Waals surface area contributed by atoms with E-state index < -0.39 is 0 Å². The van der Waals surface area contributed by atoms with Gasteiger partial charge in [0.25, 0.3) is 5.91 Å². The maximum absolute atomic E-state index is 14.0. The number of rotatable bonds is 5. The van der Waals surface area contributed by atoms with Gasteiger partial charge >= 0.3 is 0 Å². The van der Waals surface area contributed by atoms with Gasteiger partial charge in [0.2, 0.25) is 0 Å². The van der Waals surface area contributed by atoms with Crippen molar-refractivity contribution in [2.45, 2.75) is 52.0 Å². The van der Waals surface area contributed by atoms with E-state index in [4.69, 9.17) is 4.98 Å². The Labute approximate surface area is 196 Å². The number of amides is 1. The zero-order valence-corrected chi connectivity index (χ0v) is 19.7. The largest absolute Gasteiger partial charge is 0.334 e. The molecule has 4 heterocycles. The number of likely N-dealkylation sites (tertiary alicyclic amines) is 1. The predicted octanol–water partition coefficient (Wildman–Crippen LogP) is 5.71. The molecule has 0 radical (unpaired) electrons. The van der Waals surface area contributed by atoms with Crippen molar-refractivity contribution in [2.75, 3.05) is 6.54 Å². The molecule has 0 bridgehead atoms. The Kier molecular flexibility index (Phi) is 5.98. The number of nitrogens with zero attached hydrogens (tertiary/aromatic N) is 4. The van der Waals surface area contributed by atoms with Crippen molar-refractivity contribution < 1.29 is 9.18 Å². The number of carbonyl (C=O) groups excluding carboxylic acids is 1. The van der Waals surface area contributed by atoms with Crippen LogP contribution in [0.2, 0.25) is 0 Å². The summed E-state index contributed by atoms with van der Waals surface area (Å²) < 4.78 is 15.8. The molecule has 0 N–H and O–H groups in total. The van der Waals surface area contributed by atoms with Crippen molar-refractivity contribution in [3.63, 3.8) is 0 Å². The molecule has 4 aromatic rings. The Morgan fingerprint density at radius 3 is 2.79 bits per heavy atom. The van der Waals surface area contributed by atoms with Crippen LogP contribution in [-0.2, 0) is 12.8 Å². The van der Waals surface area contributed by atoms with Crippen LogP contribution in [0.15, 0.2) is 48.8 Å². The first-order valence-corrected chi connectivity index (χ1v) is 12.3. The molecule has 1 aromatic carbocycles. The normalized spacial score (nSPS) is 16.5. The van der Waals surface area contributed by atoms with Crippen molar-refractivity contribution in [1.82, 2.24) is 19.3 Å². The number of halogens is 1. The number of thiazole rings is 1. The molecule has 0 aliphatic carbocycles. The molecule has 170 valence electrons. The number of benzene rings is 1. The highest BCUT2D eigenvalue weighted by Gasteiger charge is 2.31. The molecule has 1 atom stereocenters. The minimum atomic E-state index is -0.259. The zero-order chi connectivity index (χ0) is 22.9. The molecule has 0 unspecified atom stereocenters. The summed E-state index contributed by atoms with van der Waals surface area (Å²) in [5.41, 5.74) is 4.14. The lowest BCUT2D eigenvalue weighted by atomic mass is 9.97. The molecule has 0 saturated carbocycles. The molecule has 1 fully saturated rings. The molecule has 1 aliphatic heterocycles. The van der Waals surface area contributed by atoms with Gasteiger partial charge in [-0.15, -0.1) is 11.3 Å². The van der Waals surface area contributed by atoms with E-state index in [9.17, 15) is 9.18 Å². The van der Waals surface area contributed by atoms with Gasteiger partial charge in [0.1, 0.15) is 17.2 Å². The molecular formula is C26H27FN4OS. The van der Waals surface area contributed by atoms with Gasteiger partial charge in [-0.3, -0.25) is 4.79 Å². The van der Waals surface area contributed by atoms with Crippen molar-refractivity contribution in [1.29, 1.82) is 0 Å². The summed E-state index contributed by atoms with van der Waals surface area (Å²) in [5.74, 6) is -0.267.